The van der Waals surface area contributed by atoms with E-state index in [0.717, 1.165) is 41.6 Å². The van der Waals surface area contributed by atoms with Gasteiger partial charge in [-0.3, -0.25) is 4.98 Å². The predicted molar refractivity (Wildman–Crippen MR) is 84.0 cm³/mol. The molecule has 0 atom stereocenters. The minimum absolute atomic E-state index is 0.601. The molecule has 0 N–H and O–H groups in total. The van der Waals surface area contributed by atoms with Crippen LogP contribution in [0.25, 0.3) is 10.9 Å². The molecule has 0 amide bonds. The summed E-state index contributed by atoms with van der Waals surface area (Å²) < 4.78 is 11.3. The standard InChI is InChI=1S/C17H19N3O2/c1-3-13-11-16(14-7-4-5-8-15(14)18-13)21-10-6-9-17-20-19-12(2)22-17/h4-5,7-8,11H,3,6,9-10H2,1-2H3. The molecule has 3 aromatic rings. The zero-order valence-electron chi connectivity index (χ0n) is 12.9. The highest BCUT2D eigenvalue weighted by atomic mass is 16.5. The molecule has 0 aliphatic heterocycles. The van der Waals surface area contributed by atoms with E-state index in [-0.39, 0.29) is 0 Å². The fraction of sp³-hybridized carbons (Fsp3) is 0.353. The molecule has 114 valence electrons. The number of nitrogens with zero attached hydrogens (tertiary/aromatic N) is 3. The molecule has 0 bridgehead atoms. The topological polar surface area (TPSA) is 61.0 Å². The summed E-state index contributed by atoms with van der Waals surface area (Å²) in [6, 6.07) is 10.1. The Bertz CT molecular complexity index is 767. The second-order valence-corrected chi connectivity index (χ2v) is 5.15. The van der Waals surface area contributed by atoms with Gasteiger partial charge < -0.3 is 9.15 Å². The van der Waals surface area contributed by atoms with Gasteiger partial charge in [0.15, 0.2) is 0 Å². The van der Waals surface area contributed by atoms with Crippen LogP contribution >= 0.6 is 0 Å². The fourth-order valence-corrected chi connectivity index (χ4v) is 2.34. The lowest BCUT2D eigenvalue weighted by molar-refractivity contribution is 0.307. The monoisotopic (exact) mass is 297 g/mol. The highest BCUT2D eigenvalue weighted by Gasteiger charge is 2.07. The maximum absolute atomic E-state index is 5.96. The van der Waals surface area contributed by atoms with E-state index in [2.05, 4.69) is 22.1 Å². The van der Waals surface area contributed by atoms with Crippen LogP contribution in [0.5, 0.6) is 5.75 Å². The third kappa shape index (κ3) is 3.24. The van der Waals surface area contributed by atoms with Gasteiger partial charge in [0.2, 0.25) is 11.8 Å². The van der Waals surface area contributed by atoms with Crippen molar-refractivity contribution < 1.29 is 9.15 Å². The maximum Gasteiger partial charge on any atom is 0.216 e. The highest BCUT2D eigenvalue weighted by Crippen LogP contribution is 2.25. The molecule has 0 spiro atoms. The largest absolute Gasteiger partial charge is 0.493 e. The molecule has 0 saturated heterocycles. The molecule has 5 nitrogen and oxygen atoms in total. The molecule has 2 aromatic heterocycles. The zero-order chi connectivity index (χ0) is 15.4. The highest BCUT2D eigenvalue weighted by molar-refractivity contribution is 5.85. The van der Waals surface area contributed by atoms with Crippen molar-refractivity contribution in [1.82, 2.24) is 15.2 Å². The van der Waals surface area contributed by atoms with Crippen LogP contribution in [0.4, 0.5) is 0 Å². The van der Waals surface area contributed by atoms with Gasteiger partial charge in [0.25, 0.3) is 0 Å². The molecule has 2 heterocycles. The summed E-state index contributed by atoms with van der Waals surface area (Å²) in [5.41, 5.74) is 2.02. The van der Waals surface area contributed by atoms with E-state index in [1.165, 1.54) is 0 Å². The van der Waals surface area contributed by atoms with Gasteiger partial charge in [0.05, 0.1) is 12.1 Å². The number of rotatable bonds is 6. The van der Waals surface area contributed by atoms with Crippen LogP contribution in [0, 0.1) is 6.92 Å². The molecule has 3 rings (SSSR count). The molecule has 0 aliphatic rings. The van der Waals surface area contributed by atoms with Gasteiger partial charge in [-0.25, -0.2) is 0 Å². The van der Waals surface area contributed by atoms with E-state index in [4.69, 9.17) is 9.15 Å². The van der Waals surface area contributed by atoms with Gasteiger partial charge in [-0.1, -0.05) is 19.1 Å². The number of aromatic nitrogens is 3. The summed E-state index contributed by atoms with van der Waals surface area (Å²) in [5.74, 6) is 2.16. The van der Waals surface area contributed by atoms with E-state index in [9.17, 15) is 0 Å². The number of aryl methyl sites for hydroxylation is 3. The van der Waals surface area contributed by atoms with Crippen LogP contribution in [-0.4, -0.2) is 21.8 Å². The number of hydrogen-bond donors (Lipinski definition) is 0. The van der Waals surface area contributed by atoms with Crippen molar-refractivity contribution in [3.8, 4) is 5.75 Å². The average molecular weight is 297 g/mol. The van der Waals surface area contributed by atoms with Gasteiger partial charge in [-0.2, -0.15) is 0 Å². The second-order valence-electron chi connectivity index (χ2n) is 5.15. The molecule has 22 heavy (non-hydrogen) atoms. The summed E-state index contributed by atoms with van der Waals surface area (Å²) in [5, 5.41) is 8.86. The smallest absolute Gasteiger partial charge is 0.216 e. The van der Waals surface area contributed by atoms with E-state index in [1.54, 1.807) is 6.92 Å². The van der Waals surface area contributed by atoms with Crippen LogP contribution in [-0.2, 0) is 12.8 Å². The predicted octanol–water partition coefficient (Wildman–Crippen LogP) is 3.50. The quantitative estimate of drug-likeness (QED) is 0.652. The normalized spacial score (nSPS) is 11.0. The molecular weight excluding hydrogens is 278 g/mol. The van der Waals surface area contributed by atoms with Gasteiger partial charge in [0, 0.05) is 30.5 Å². The number of ether oxygens (including phenoxy) is 1. The van der Waals surface area contributed by atoms with Crippen molar-refractivity contribution in [2.75, 3.05) is 6.61 Å². The van der Waals surface area contributed by atoms with Gasteiger partial charge in [-0.15, -0.1) is 10.2 Å². The Morgan fingerprint density at radius 3 is 2.82 bits per heavy atom. The third-order valence-electron chi connectivity index (χ3n) is 3.45. The number of fused-ring (bicyclic) bond motifs is 1. The van der Waals surface area contributed by atoms with Crippen LogP contribution in [0.3, 0.4) is 0 Å². The first-order chi connectivity index (χ1) is 10.8. The van der Waals surface area contributed by atoms with Crippen LogP contribution in [0.15, 0.2) is 34.7 Å². The SMILES string of the molecule is CCc1cc(OCCCc2nnc(C)o2)c2ccccc2n1. The van der Waals surface area contributed by atoms with E-state index in [0.29, 0.717) is 18.4 Å². The summed E-state index contributed by atoms with van der Waals surface area (Å²) >= 11 is 0. The number of hydrogen-bond acceptors (Lipinski definition) is 5. The minimum Gasteiger partial charge on any atom is -0.493 e. The molecule has 0 saturated carbocycles. The van der Waals surface area contributed by atoms with E-state index >= 15 is 0 Å². The first kappa shape index (κ1) is 14.5. The lowest BCUT2D eigenvalue weighted by atomic mass is 10.1. The molecule has 0 aliphatic carbocycles. The number of para-hydroxylation sites is 1. The van der Waals surface area contributed by atoms with Crippen LogP contribution < -0.4 is 4.74 Å². The molecule has 0 fully saturated rings. The lowest BCUT2D eigenvalue weighted by Crippen LogP contribution is -2.01. The average Bonchev–Trinajstić information content (AvgIpc) is 2.96. The minimum atomic E-state index is 0.601. The van der Waals surface area contributed by atoms with Crippen molar-refractivity contribution >= 4 is 10.9 Å². The van der Waals surface area contributed by atoms with Crippen molar-refractivity contribution in [3.05, 3.63) is 47.8 Å². The summed E-state index contributed by atoms with van der Waals surface area (Å²) in [6.45, 7) is 4.50. The Morgan fingerprint density at radius 1 is 1.18 bits per heavy atom. The molecule has 0 unspecified atom stereocenters. The molecule has 0 radical (unpaired) electrons. The lowest BCUT2D eigenvalue weighted by Gasteiger charge is -2.10. The van der Waals surface area contributed by atoms with Crippen molar-refractivity contribution in [2.45, 2.75) is 33.1 Å². The summed E-state index contributed by atoms with van der Waals surface area (Å²) in [7, 11) is 0. The Morgan fingerprint density at radius 2 is 2.05 bits per heavy atom. The molecule has 1 aromatic carbocycles. The van der Waals surface area contributed by atoms with Crippen molar-refractivity contribution in [3.63, 3.8) is 0 Å². The van der Waals surface area contributed by atoms with E-state index in [1.807, 2.05) is 30.3 Å². The van der Waals surface area contributed by atoms with Gasteiger partial charge >= 0.3 is 0 Å². The van der Waals surface area contributed by atoms with Gasteiger partial charge in [0.1, 0.15) is 5.75 Å². The van der Waals surface area contributed by atoms with Crippen molar-refractivity contribution in [1.29, 1.82) is 0 Å². The van der Waals surface area contributed by atoms with E-state index < -0.39 is 0 Å². The first-order valence-corrected chi connectivity index (χ1v) is 7.56. The van der Waals surface area contributed by atoms with Crippen molar-refractivity contribution in [2.24, 2.45) is 0 Å². The zero-order valence-corrected chi connectivity index (χ0v) is 12.9. The molecule has 5 heteroatoms. The maximum atomic E-state index is 5.96. The van der Waals surface area contributed by atoms with Gasteiger partial charge in [-0.05, 0) is 25.0 Å². The second kappa shape index (κ2) is 6.56. The number of pyridine rings is 1. The van der Waals surface area contributed by atoms with Crippen LogP contribution in [0.2, 0.25) is 0 Å². The Hall–Kier alpha value is -2.43. The Kier molecular flexibility index (Phi) is 4.32. The first-order valence-electron chi connectivity index (χ1n) is 7.56. The Balaban J connectivity index is 1.67. The summed E-state index contributed by atoms with van der Waals surface area (Å²) in [6.07, 6.45) is 2.45. The molecular formula is C17H19N3O2. The summed E-state index contributed by atoms with van der Waals surface area (Å²) in [4.78, 5) is 4.62. The third-order valence-corrected chi connectivity index (χ3v) is 3.45. The van der Waals surface area contributed by atoms with Crippen LogP contribution in [0.1, 0.15) is 30.8 Å². The Labute approximate surface area is 129 Å². The number of benzene rings is 1. The fourth-order valence-electron chi connectivity index (χ4n) is 2.34.